The minimum Gasteiger partial charge on any atom is -0.480 e. The van der Waals surface area contributed by atoms with E-state index in [0.717, 1.165) is 11.4 Å². The van der Waals surface area contributed by atoms with E-state index in [4.69, 9.17) is 17.3 Å². The van der Waals surface area contributed by atoms with Crippen LogP contribution in [-0.4, -0.2) is 36.8 Å². The Morgan fingerprint density at radius 3 is 2.85 bits per heavy atom. The van der Waals surface area contributed by atoms with Crippen molar-refractivity contribution >= 4 is 29.9 Å². The summed E-state index contributed by atoms with van der Waals surface area (Å²) in [5.74, 6) is 0.648. The number of aromatic nitrogens is 3. The van der Waals surface area contributed by atoms with Gasteiger partial charge in [0.2, 0.25) is 0 Å². The van der Waals surface area contributed by atoms with Gasteiger partial charge < -0.3 is 5.11 Å². The fraction of sp³-hybridized carbons (Fsp3) is 0.308. The van der Waals surface area contributed by atoms with Crippen LogP contribution in [0.1, 0.15) is 6.92 Å². The molecule has 0 aliphatic carbocycles. The maximum absolute atomic E-state index is 10.8. The van der Waals surface area contributed by atoms with Crippen LogP contribution in [0.25, 0.3) is 11.4 Å². The normalized spacial score (nSPS) is 12.2. The predicted molar refractivity (Wildman–Crippen MR) is 82.4 cm³/mol. The molecule has 7 heteroatoms. The van der Waals surface area contributed by atoms with Crippen LogP contribution in [0.3, 0.4) is 0 Å². The fourth-order valence-electron chi connectivity index (χ4n) is 1.72. The fourth-order valence-corrected chi connectivity index (χ4v) is 2.73. The molecule has 0 saturated carbocycles. The van der Waals surface area contributed by atoms with Crippen molar-refractivity contribution in [2.45, 2.75) is 18.7 Å². The molecule has 2 rings (SSSR count). The summed E-state index contributed by atoms with van der Waals surface area (Å²) in [6.45, 7) is 2.31. The van der Waals surface area contributed by atoms with Gasteiger partial charge in [0.1, 0.15) is 0 Å². The van der Waals surface area contributed by atoms with E-state index in [1.165, 1.54) is 11.8 Å². The Kier molecular flexibility index (Phi) is 4.97. The SMILES string of the molecule is CC(SCCn1c(-c2ccccc2)n[nH]c1=S)C(=O)O. The van der Waals surface area contributed by atoms with E-state index >= 15 is 0 Å². The smallest absolute Gasteiger partial charge is 0.316 e. The lowest BCUT2D eigenvalue weighted by Crippen LogP contribution is -2.14. The summed E-state index contributed by atoms with van der Waals surface area (Å²) in [4.78, 5) is 10.8. The highest BCUT2D eigenvalue weighted by Gasteiger charge is 2.12. The number of carbonyl (C=O) groups is 1. The molecule has 1 aromatic carbocycles. The van der Waals surface area contributed by atoms with Gasteiger partial charge in [-0.1, -0.05) is 30.3 Å². The van der Waals surface area contributed by atoms with Crippen molar-refractivity contribution in [3.05, 3.63) is 35.1 Å². The summed E-state index contributed by atoms with van der Waals surface area (Å²) in [5, 5.41) is 15.5. The topological polar surface area (TPSA) is 70.9 Å². The molecule has 0 bridgehead atoms. The van der Waals surface area contributed by atoms with Crippen molar-refractivity contribution in [2.24, 2.45) is 0 Å². The van der Waals surface area contributed by atoms with E-state index in [2.05, 4.69) is 10.2 Å². The van der Waals surface area contributed by atoms with Gasteiger partial charge in [-0.25, -0.2) is 0 Å². The van der Waals surface area contributed by atoms with Gasteiger partial charge in [0.05, 0.1) is 5.25 Å². The maximum atomic E-state index is 10.8. The molecule has 1 heterocycles. The highest BCUT2D eigenvalue weighted by Crippen LogP contribution is 2.18. The average Bonchev–Trinajstić information content (AvgIpc) is 2.81. The Bertz CT molecular complexity index is 637. The number of carboxylic acids is 1. The van der Waals surface area contributed by atoms with E-state index in [1.54, 1.807) is 6.92 Å². The Morgan fingerprint density at radius 1 is 1.50 bits per heavy atom. The van der Waals surface area contributed by atoms with Crippen molar-refractivity contribution in [3.63, 3.8) is 0 Å². The molecule has 0 radical (unpaired) electrons. The number of rotatable bonds is 6. The summed E-state index contributed by atoms with van der Waals surface area (Å²) in [6.07, 6.45) is 0. The molecule has 106 valence electrons. The standard InChI is InChI=1S/C13H15N3O2S2/c1-9(12(17)18)20-8-7-16-11(14-15-13(16)19)10-5-3-2-4-6-10/h2-6,9H,7-8H2,1H3,(H,15,19)(H,17,18). The van der Waals surface area contributed by atoms with Gasteiger partial charge >= 0.3 is 5.97 Å². The van der Waals surface area contributed by atoms with Crippen LogP contribution in [-0.2, 0) is 11.3 Å². The minimum absolute atomic E-state index is 0.420. The Hall–Kier alpha value is -1.60. The van der Waals surface area contributed by atoms with Gasteiger partial charge in [-0.2, -0.15) is 5.10 Å². The first-order valence-electron chi connectivity index (χ1n) is 6.14. The zero-order valence-corrected chi connectivity index (χ0v) is 12.6. The van der Waals surface area contributed by atoms with Gasteiger partial charge in [-0.05, 0) is 19.1 Å². The van der Waals surface area contributed by atoms with E-state index in [0.29, 0.717) is 17.1 Å². The first-order valence-corrected chi connectivity index (χ1v) is 7.60. The van der Waals surface area contributed by atoms with E-state index in [1.807, 2.05) is 34.9 Å². The van der Waals surface area contributed by atoms with E-state index in [-0.39, 0.29) is 0 Å². The lowest BCUT2D eigenvalue weighted by atomic mass is 10.2. The largest absolute Gasteiger partial charge is 0.480 e. The number of hydrogen-bond donors (Lipinski definition) is 2. The number of H-pyrrole nitrogens is 1. The molecule has 0 amide bonds. The molecule has 0 aliphatic heterocycles. The number of aliphatic carboxylic acids is 1. The molecular weight excluding hydrogens is 294 g/mol. The van der Waals surface area contributed by atoms with E-state index in [9.17, 15) is 4.79 Å². The predicted octanol–water partition coefficient (Wildman–Crippen LogP) is 2.81. The second-order valence-electron chi connectivity index (χ2n) is 4.22. The molecule has 5 nitrogen and oxygen atoms in total. The number of nitrogens with one attached hydrogen (secondary N) is 1. The van der Waals surface area contributed by atoms with Crippen LogP contribution in [0, 0.1) is 4.77 Å². The highest BCUT2D eigenvalue weighted by molar-refractivity contribution is 8.00. The number of benzene rings is 1. The quantitative estimate of drug-likeness (QED) is 0.803. The molecule has 2 aromatic rings. The van der Waals surface area contributed by atoms with E-state index < -0.39 is 11.2 Å². The summed E-state index contributed by atoms with van der Waals surface area (Å²) < 4.78 is 2.44. The summed E-state index contributed by atoms with van der Waals surface area (Å²) >= 11 is 6.61. The van der Waals surface area contributed by atoms with Gasteiger partial charge in [0.25, 0.3) is 0 Å². The highest BCUT2D eigenvalue weighted by atomic mass is 32.2. The van der Waals surface area contributed by atoms with Gasteiger partial charge in [0, 0.05) is 17.9 Å². The van der Waals surface area contributed by atoms with Crippen LogP contribution in [0.15, 0.2) is 30.3 Å². The van der Waals surface area contributed by atoms with Crippen molar-refractivity contribution in [1.82, 2.24) is 14.8 Å². The van der Waals surface area contributed by atoms with Crippen LogP contribution in [0.4, 0.5) is 0 Å². The summed E-state index contributed by atoms with van der Waals surface area (Å²) in [5.41, 5.74) is 0.983. The molecule has 0 spiro atoms. The number of thioether (sulfide) groups is 1. The maximum Gasteiger partial charge on any atom is 0.316 e. The second kappa shape index (κ2) is 6.71. The lowest BCUT2D eigenvalue weighted by molar-refractivity contribution is -0.136. The van der Waals surface area contributed by atoms with Gasteiger partial charge in [-0.15, -0.1) is 11.8 Å². The zero-order valence-electron chi connectivity index (χ0n) is 10.9. The third kappa shape index (κ3) is 3.49. The zero-order chi connectivity index (χ0) is 14.5. The third-order valence-corrected chi connectivity index (χ3v) is 4.25. The number of aromatic amines is 1. The summed E-state index contributed by atoms with van der Waals surface area (Å²) in [6, 6.07) is 9.76. The number of carboxylic acid groups (broad SMARTS) is 1. The van der Waals surface area contributed by atoms with Crippen molar-refractivity contribution in [1.29, 1.82) is 0 Å². The first-order chi connectivity index (χ1) is 9.59. The summed E-state index contributed by atoms with van der Waals surface area (Å²) in [7, 11) is 0. The van der Waals surface area contributed by atoms with Crippen LogP contribution >= 0.6 is 24.0 Å². The molecule has 2 N–H and O–H groups in total. The molecule has 0 aliphatic rings. The van der Waals surface area contributed by atoms with Crippen molar-refractivity contribution in [2.75, 3.05) is 5.75 Å². The van der Waals surface area contributed by atoms with Gasteiger partial charge in [0.15, 0.2) is 10.6 Å². The van der Waals surface area contributed by atoms with Crippen molar-refractivity contribution < 1.29 is 9.90 Å². The lowest BCUT2D eigenvalue weighted by Gasteiger charge is -2.08. The molecular formula is C13H15N3O2S2. The first kappa shape index (κ1) is 14.8. The van der Waals surface area contributed by atoms with Crippen LogP contribution < -0.4 is 0 Å². The molecule has 20 heavy (non-hydrogen) atoms. The third-order valence-electron chi connectivity index (χ3n) is 2.82. The number of hydrogen-bond acceptors (Lipinski definition) is 4. The molecule has 1 unspecified atom stereocenters. The average molecular weight is 309 g/mol. The molecule has 0 fully saturated rings. The molecule has 1 aromatic heterocycles. The Morgan fingerprint density at radius 2 is 2.20 bits per heavy atom. The van der Waals surface area contributed by atoms with Gasteiger partial charge in [-0.3, -0.25) is 14.5 Å². The number of nitrogens with zero attached hydrogens (tertiary/aromatic N) is 2. The second-order valence-corrected chi connectivity index (χ2v) is 6.06. The van der Waals surface area contributed by atoms with Crippen molar-refractivity contribution in [3.8, 4) is 11.4 Å². The molecule has 1 atom stereocenters. The van der Waals surface area contributed by atoms with Crippen LogP contribution in [0.5, 0.6) is 0 Å². The van der Waals surface area contributed by atoms with Crippen LogP contribution in [0.2, 0.25) is 0 Å². The molecule has 0 saturated heterocycles. The Balaban J connectivity index is 2.11. The minimum atomic E-state index is -0.797. The monoisotopic (exact) mass is 309 g/mol. The Labute approximate surface area is 126 Å².